The molecule has 0 aromatic heterocycles. The van der Waals surface area contributed by atoms with Crippen LogP contribution in [0.2, 0.25) is 0 Å². The lowest BCUT2D eigenvalue weighted by atomic mass is 10.0. The van der Waals surface area contributed by atoms with Crippen molar-refractivity contribution in [3.05, 3.63) is 59.2 Å². The van der Waals surface area contributed by atoms with Crippen molar-refractivity contribution in [1.29, 1.82) is 0 Å². The third-order valence-electron chi connectivity index (χ3n) is 4.07. The van der Waals surface area contributed by atoms with Gasteiger partial charge in [0.05, 0.1) is 22.1 Å². The van der Waals surface area contributed by atoms with Gasteiger partial charge in [0.15, 0.2) is 0 Å². The van der Waals surface area contributed by atoms with Crippen LogP contribution in [0, 0.1) is 13.8 Å². The number of fused-ring (bicyclic) bond motifs is 1. The van der Waals surface area contributed by atoms with Gasteiger partial charge in [0, 0.05) is 10.5 Å². The average molecular weight is 301 g/mol. The lowest BCUT2D eigenvalue weighted by Crippen LogP contribution is -2.39. The summed E-state index contributed by atoms with van der Waals surface area (Å²) in [5, 5.41) is -0.220. The fourth-order valence-electron chi connectivity index (χ4n) is 2.57. The van der Waals surface area contributed by atoms with Gasteiger partial charge in [-0.25, -0.2) is 0 Å². The first-order valence-electron chi connectivity index (χ1n) is 7.03. The summed E-state index contributed by atoms with van der Waals surface area (Å²) in [7, 11) is -1.18. The van der Waals surface area contributed by atoms with E-state index in [0.29, 0.717) is 6.61 Å². The first-order chi connectivity index (χ1) is 10.1. The van der Waals surface area contributed by atoms with Gasteiger partial charge in [-0.3, -0.25) is 4.21 Å². The van der Waals surface area contributed by atoms with Gasteiger partial charge in [0.25, 0.3) is 0 Å². The van der Waals surface area contributed by atoms with E-state index in [-0.39, 0.29) is 11.3 Å². The lowest BCUT2D eigenvalue weighted by Gasteiger charge is -2.30. The van der Waals surface area contributed by atoms with E-state index < -0.39 is 10.8 Å². The zero-order valence-electron chi connectivity index (χ0n) is 12.2. The minimum Gasteiger partial charge on any atom is -0.492 e. The zero-order chi connectivity index (χ0) is 15.0. The quantitative estimate of drug-likeness (QED) is 0.928. The van der Waals surface area contributed by atoms with Gasteiger partial charge < -0.3 is 10.5 Å². The van der Waals surface area contributed by atoms with Crippen molar-refractivity contribution in [2.24, 2.45) is 5.73 Å². The molecule has 1 heterocycles. The normalized spacial score (nSPS) is 22.2. The Morgan fingerprint density at radius 2 is 1.90 bits per heavy atom. The molecule has 0 spiro atoms. The van der Waals surface area contributed by atoms with E-state index >= 15 is 0 Å². The predicted octanol–water partition coefficient (Wildman–Crippen LogP) is 2.87. The number of hydrogen-bond acceptors (Lipinski definition) is 3. The monoisotopic (exact) mass is 301 g/mol. The van der Waals surface area contributed by atoms with E-state index in [1.165, 1.54) is 5.56 Å². The number of ether oxygens (including phenoxy) is 1. The van der Waals surface area contributed by atoms with E-state index in [1.807, 2.05) is 56.3 Å². The Balaban J connectivity index is 1.91. The molecule has 3 unspecified atom stereocenters. The number of nitrogens with two attached hydrogens (primary N) is 1. The molecule has 0 bridgehead atoms. The number of hydrogen-bond donors (Lipinski definition) is 1. The van der Waals surface area contributed by atoms with Gasteiger partial charge in [-0.1, -0.05) is 24.3 Å². The Bertz CT molecular complexity index is 699. The maximum absolute atomic E-state index is 12.8. The zero-order valence-corrected chi connectivity index (χ0v) is 13.0. The van der Waals surface area contributed by atoms with E-state index in [4.69, 9.17) is 10.5 Å². The molecule has 0 radical (unpaired) electrons. The second-order valence-corrected chi connectivity index (χ2v) is 7.13. The molecule has 0 saturated carbocycles. The molecule has 1 aliphatic heterocycles. The molecule has 3 atom stereocenters. The Kier molecular flexibility index (Phi) is 3.83. The van der Waals surface area contributed by atoms with E-state index in [9.17, 15) is 4.21 Å². The molecule has 110 valence electrons. The van der Waals surface area contributed by atoms with Gasteiger partial charge in [0.2, 0.25) is 0 Å². The van der Waals surface area contributed by atoms with Crippen molar-refractivity contribution >= 4 is 10.8 Å². The molecular weight excluding hydrogens is 282 g/mol. The van der Waals surface area contributed by atoms with E-state index in [0.717, 1.165) is 21.8 Å². The van der Waals surface area contributed by atoms with Crippen molar-refractivity contribution in [3.8, 4) is 5.75 Å². The smallest absolute Gasteiger partial charge is 0.124 e. The van der Waals surface area contributed by atoms with Crippen molar-refractivity contribution in [2.75, 3.05) is 6.61 Å². The largest absolute Gasteiger partial charge is 0.492 e. The summed E-state index contributed by atoms with van der Waals surface area (Å²) in [6, 6.07) is 13.4. The molecule has 0 aliphatic carbocycles. The summed E-state index contributed by atoms with van der Waals surface area (Å²) >= 11 is 0. The molecule has 3 nitrogen and oxygen atoms in total. The molecule has 0 amide bonds. The fraction of sp³-hybridized carbons (Fsp3) is 0.294. The van der Waals surface area contributed by atoms with Crippen LogP contribution in [0.5, 0.6) is 5.75 Å². The van der Waals surface area contributed by atoms with Crippen LogP contribution in [0.25, 0.3) is 0 Å². The molecule has 3 rings (SSSR count). The van der Waals surface area contributed by atoms with Crippen LogP contribution in [-0.2, 0) is 10.8 Å². The Morgan fingerprint density at radius 3 is 2.67 bits per heavy atom. The maximum atomic E-state index is 12.8. The van der Waals surface area contributed by atoms with Gasteiger partial charge in [-0.05, 0) is 43.2 Å². The SMILES string of the molecule is Cc1ccc(S(=O)C2COc3ccccc3C2N)cc1C. The highest BCUT2D eigenvalue weighted by molar-refractivity contribution is 7.85. The van der Waals surface area contributed by atoms with Crippen molar-refractivity contribution in [1.82, 2.24) is 0 Å². The van der Waals surface area contributed by atoms with Crippen molar-refractivity contribution in [3.63, 3.8) is 0 Å². The molecule has 2 aromatic rings. The third-order valence-corrected chi connectivity index (χ3v) is 5.77. The van der Waals surface area contributed by atoms with Crippen LogP contribution in [-0.4, -0.2) is 16.1 Å². The van der Waals surface area contributed by atoms with E-state index in [1.54, 1.807) is 0 Å². The van der Waals surface area contributed by atoms with Gasteiger partial charge in [0.1, 0.15) is 12.4 Å². The minimum absolute atomic E-state index is 0.220. The van der Waals surface area contributed by atoms with Crippen LogP contribution in [0.3, 0.4) is 0 Å². The van der Waals surface area contributed by atoms with Gasteiger partial charge in [-0.15, -0.1) is 0 Å². The van der Waals surface area contributed by atoms with Crippen LogP contribution >= 0.6 is 0 Å². The summed E-state index contributed by atoms with van der Waals surface area (Å²) in [5.74, 6) is 0.804. The highest BCUT2D eigenvalue weighted by atomic mass is 32.2. The topological polar surface area (TPSA) is 52.3 Å². The molecule has 4 heteroatoms. The molecule has 0 fully saturated rings. The first kappa shape index (κ1) is 14.3. The van der Waals surface area contributed by atoms with Crippen LogP contribution < -0.4 is 10.5 Å². The van der Waals surface area contributed by atoms with Crippen LogP contribution in [0.1, 0.15) is 22.7 Å². The van der Waals surface area contributed by atoms with Crippen LogP contribution in [0.15, 0.2) is 47.4 Å². The highest BCUT2D eigenvalue weighted by Gasteiger charge is 2.33. The Morgan fingerprint density at radius 1 is 1.14 bits per heavy atom. The Hall–Kier alpha value is -1.65. The lowest BCUT2D eigenvalue weighted by molar-refractivity contribution is 0.273. The van der Waals surface area contributed by atoms with E-state index in [2.05, 4.69) is 0 Å². The molecule has 0 saturated heterocycles. The second kappa shape index (κ2) is 5.62. The highest BCUT2D eigenvalue weighted by Crippen LogP contribution is 2.34. The molecule has 2 aromatic carbocycles. The fourth-order valence-corrected chi connectivity index (χ4v) is 4.02. The maximum Gasteiger partial charge on any atom is 0.124 e. The minimum atomic E-state index is -1.18. The van der Waals surface area contributed by atoms with Crippen LogP contribution in [0.4, 0.5) is 0 Å². The molecule has 1 aliphatic rings. The third kappa shape index (κ3) is 2.61. The summed E-state index contributed by atoms with van der Waals surface area (Å²) in [6.45, 7) is 4.47. The summed E-state index contributed by atoms with van der Waals surface area (Å²) in [6.07, 6.45) is 0. The number of benzene rings is 2. The molecular formula is C17H19NO2S. The average Bonchev–Trinajstić information content (AvgIpc) is 2.50. The summed E-state index contributed by atoms with van der Waals surface area (Å²) in [4.78, 5) is 0.821. The summed E-state index contributed by atoms with van der Waals surface area (Å²) < 4.78 is 18.6. The van der Waals surface area contributed by atoms with Gasteiger partial charge in [-0.2, -0.15) is 0 Å². The Labute approximate surface area is 127 Å². The number of aryl methyl sites for hydroxylation is 2. The van der Waals surface area contributed by atoms with Crippen molar-refractivity contribution < 1.29 is 8.95 Å². The number of para-hydroxylation sites is 1. The standard InChI is InChI=1S/C17H19NO2S/c1-11-7-8-13(9-12(11)2)21(19)16-10-20-15-6-4-3-5-14(15)17(16)18/h3-9,16-17H,10,18H2,1-2H3. The summed E-state index contributed by atoms with van der Waals surface area (Å²) in [5.41, 5.74) is 9.60. The van der Waals surface area contributed by atoms with Gasteiger partial charge >= 0.3 is 0 Å². The predicted molar refractivity (Wildman–Crippen MR) is 85.0 cm³/mol. The second-order valence-electron chi connectivity index (χ2n) is 5.46. The molecule has 2 N–H and O–H groups in total. The van der Waals surface area contributed by atoms with Crippen molar-refractivity contribution in [2.45, 2.75) is 30.0 Å². The first-order valence-corrected chi connectivity index (χ1v) is 8.24. The molecule has 21 heavy (non-hydrogen) atoms. The number of rotatable bonds is 2.